The molecule has 2 aromatic rings. The Bertz CT molecular complexity index is 515. The normalized spacial score (nSPS) is 11.5. The highest BCUT2D eigenvalue weighted by atomic mass is 15.0. The number of hydrogen-bond acceptors (Lipinski definition) is 5. The first kappa shape index (κ1) is 11.0. The van der Waals surface area contributed by atoms with Gasteiger partial charge in [0.05, 0.1) is 18.4 Å². The first-order chi connectivity index (χ1) is 8.29. The molecule has 0 aliphatic heterocycles. The summed E-state index contributed by atoms with van der Waals surface area (Å²) in [5.74, 6) is 0.647. The van der Waals surface area contributed by atoms with Crippen LogP contribution in [-0.4, -0.2) is 15.0 Å². The summed E-state index contributed by atoms with van der Waals surface area (Å²) in [5, 5.41) is 11.8. The first-order valence-electron chi connectivity index (χ1n) is 5.18. The van der Waals surface area contributed by atoms with Crippen LogP contribution in [0.3, 0.4) is 0 Å². The Morgan fingerprint density at radius 1 is 1.24 bits per heavy atom. The molecule has 0 aliphatic carbocycles. The molecule has 0 radical (unpaired) electrons. The summed E-state index contributed by atoms with van der Waals surface area (Å²) in [6.45, 7) is 2.02. The molecule has 0 saturated heterocycles. The third-order valence-corrected chi connectivity index (χ3v) is 2.34. The van der Waals surface area contributed by atoms with E-state index >= 15 is 0 Å². The summed E-state index contributed by atoms with van der Waals surface area (Å²) in [6.07, 6.45) is 6.49. The second-order valence-corrected chi connectivity index (χ2v) is 3.55. The van der Waals surface area contributed by atoms with Gasteiger partial charge in [-0.25, -0.2) is 9.97 Å². The Labute approximate surface area is 99.2 Å². The molecule has 1 unspecified atom stereocenters. The standard InChI is InChI=1S/C12H11N5/c1-9(10-2-4-14-5-3-10)17-12-8-15-11(6-13)7-16-12/h2-5,7-9H,1H3,(H,16,17). The third kappa shape index (κ3) is 2.75. The van der Waals surface area contributed by atoms with E-state index in [0.717, 1.165) is 5.56 Å². The molecule has 1 N–H and O–H groups in total. The van der Waals surface area contributed by atoms with Gasteiger partial charge in [0.1, 0.15) is 11.9 Å². The fourth-order valence-electron chi connectivity index (χ4n) is 1.42. The van der Waals surface area contributed by atoms with E-state index < -0.39 is 0 Å². The fourth-order valence-corrected chi connectivity index (χ4v) is 1.42. The lowest BCUT2D eigenvalue weighted by Gasteiger charge is -2.13. The van der Waals surface area contributed by atoms with E-state index in [0.29, 0.717) is 11.5 Å². The van der Waals surface area contributed by atoms with E-state index in [9.17, 15) is 0 Å². The number of pyridine rings is 1. The maximum Gasteiger partial charge on any atom is 0.158 e. The minimum Gasteiger partial charge on any atom is -0.362 e. The molecule has 5 heteroatoms. The van der Waals surface area contributed by atoms with Crippen molar-refractivity contribution in [3.8, 4) is 6.07 Å². The zero-order valence-electron chi connectivity index (χ0n) is 9.33. The Kier molecular flexibility index (Phi) is 3.26. The molecule has 2 heterocycles. The van der Waals surface area contributed by atoms with Gasteiger partial charge in [-0.1, -0.05) is 0 Å². The van der Waals surface area contributed by atoms with Gasteiger partial charge < -0.3 is 5.32 Å². The third-order valence-electron chi connectivity index (χ3n) is 2.34. The average molecular weight is 225 g/mol. The lowest BCUT2D eigenvalue weighted by Crippen LogP contribution is -2.08. The number of aromatic nitrogens is 3. The van der Waals surface area contributed by atoms with Crippen LogP contribution in [0.4, 0.5) is 5.82 Å². The van der Waals surface area contributed by atoms with E-state index in [-0.39, 0.29) is 6.04 Å². The van der Waals surface area contributed by atoms with E-state index in [1.165, 1.54) is 6.20 Å². The number of nitriles is 1. The van der Waals surface area contributed by atoms with Gasteiger partial charge >= 0.3 is 0 Å². The van der Waals surface area contributed by atoms with Crippen molar-refractivity contribution in [3.63, 3.8) is 0 Å². The van der Waals surface area contributed by atoms with Crippen LogP contribution < -0.4 is 5.32 Å². The van der Waals surface area contributed by atoms with E-state index in [1.54, 1.807) is 18.6 Å². The van der Waals surface area contributed by atoms with Crippen molar-refractivity contribution in [1.29, 1.82) is 5.26 Å². The molecule has 1 atom stereocenters. The molecule has 17 heavy (non-hydrogen) atoms. The maximum absolute atomic E-state index is 8.61. The predicted octanol–water partition coefficient (Wildman–Crippen LogP) is 1.92. The molecule has 0 amide bonds. The topological polar surface area (TPSA) is 74.5 Å². The van der Waals surface area contributed by atoms with Gasteiger partial charge in [0.2, 0.25) is 0 Å². The van der Waals surface area contributed by atoms with Crippen molar-refractivity contribution in [2.75, 3.05) is 5.32 Å². The maximum atomic E-state index is 8.61. The molecule has 2 aromatic heterocycles. The number of rotatable bonds is 3. The number of anilines is 1. The van der Waals surface area contributed by atoms with Crippen LogP contribution in [0.5, 0.6) is 0 Å². The Balaban J connectivity index is 2.08. The van der Waals surface area contributed by atoms with Gasteiger partial charge in [0, 0.05) is 12.4 Å². The van der Waals surface area contributed by atoms with Crippen LogP contribution in [-0.2, 0) is 0 Å². The van der Waals surface area contributed by atoms with E-state index in [2.05, 4.69) is 20.3 Å². The lowest BCUT2D eigenvalue weighted by atomic mass is 10.1. The van der Waals surface area contributed by atoms with Crippen LogP contribution in [0.1, 0.15) is 24.2 Å². The van der Waals surface area contributed by atoms with Crippen molar-refractivity contribution in [3.05, 3.63) is 48.2 Å². The molecule has 2 rings (SSSR count). The molecule has 0 fully saturated rings. The molecule has 0 spiro atoms. The molecule has 0 bridgehead atoms. The Hall–Kier alpha value is -2.48. The highest BCUT2D eigenvalue weighted by molar-refractivity contribution is 5.36. The second-order valence-electron chi connectivity index (χ2n) is 3.55. The molecule has 84 valence electrons. The van der Waals surface area contributed by atoms with Gasteiger partial charge in [-0.05, 0) is 24.6 Å². The number of nitrogens with zero attached hydrogens (tertiary/aromatic N) is 4. The van der Waals surface area contributed by atoms with Gasteiger partial charge in [-0.2, -0.15) is 5.26 Å². The van der Waals surface area contributed by atoms with Gasteiger partial charge in [0.25, 0.3) is 0 Å². The minimum absolute atomic E-state index is 0.111. The van der Waals surface area contributed by atoms with Crippen LogP contribution in [0.25, 0.3) is 0 Å². The summed E-state index contributed by atoms with van der Waals surface area (Å²) in [4.78, 5) is 12.0. The van der Waals surface area contributed by atoms with Crippen LogP contribution in [0.2, 0.25) is 0 Å². The first-order valence-corrected chi connectivity index (χ1v) is 5.18. The molecule has 0 saturated carbocycles. The zero-order chi connectivity index (χ0) is 12.1. The largest absolute Gasteiger partial charge is 0.362 e. The number of nitrogens with one attached hydrogen (secondary N) is 1. The monoisotopic (exact) mass is 225 g/mol. The predicted molar refractivity (Wildman–Crippen MR) is 63.0 cm³/mol. The molecular weight excluding hydrogens is 214 g/mol. The summed E-state index contributed by atoms with van der Waals surface area (Å²) < 4.78 is 0. The number of hydrogen-bond donors (Lipinski definition) is 1. The molecule has 5 nitrogen and oxygen atoms in total. The van der Waals surface area contributed by atoms with Crippen LogP contribution in [0.15, 0.2) is 36.9 Å². The Morgan fingerprint density at radius 2 is 2.00 bits per heavy atom. The lowest BCUT2D eigenvalue weighted by molar-refractivity contribution is 0.867. The highest BCUT2D eigenvalue weighted by Crippen LogP contribution is 2.15. The highest BCUT2D eigenvalue weighted by Gasteiger charge is 2.05. The van der Waals surface area contributed by atoms with E-state index in [1.807, 2.05) is 25.1 Å². The van der Waals surface area contributed by atoms with Crippen LogP contribution >= 0.6 is 0 Å². The van der Waals surface area contributed by atoms with Crippen molar-refractivity contribution in [2.45, 2.75) is 13.0 Å². The smallest absolute Gasteiger partial charge is 0.158 e. The molecule has 0 aliphatic rings. The summed E-state index contributed by atoms with van der Waals surface area (Å²) >= 11 is 0. The van der Waals surface area contributed by atoms with Crippen molar-refractivity contribution in [2.24, 2.45) is 0 Å². The zero-order valence-corrected chi connectivity index (χ0v) is 9.33. The Morgan fingerprint density at radius 3 is 2.59 bits per heavy atom. The van der Waals surface area contributed by atoms with Crippen molar-refractivity contribution in [1.82, 2.24) is 15.0 Å². The molecule has 0 aromatic carbocycles. The summed E-state index contributed by atoms with van der Waals surface area (Å²) in [5.41, 5.74) is 1.43. The van der Waals surface area contributed by atoms with Crippen molar-refractivity contribution >= 4 is 5.82 Å². The van der Waals surface area contributed by atoms with Gasteiger partial charge in [-0.15, -0.1) is 0 Å². The summed E-state index contributed by atoms with van der Waals surface area (Å²) in [7, 11) is 0. The molecular formula is C12H11N5. The van der Waals surface area contributed by atoms with Gasteiger partial charge in [0.15, 0.2) is 5.69 Å². The minimum atomic E-state index is 0.111. The van der Waals surface area contributed by atoms with E-state index in [4.69, 9.17) is 5.26 Å². The SMILES string of the molecule is CC(Nc1cnc(C#N)cn1)c1ccncc1. The fraction of sp³-hybridized carbons (Fsp3) is 0.167. The second kappa shape index (κ2) is 5.03. The van der Waals surface area contributed by atoms with Crippen molar-refractivity contribution < 1.29 is 0 Å². The van der Waals surface area contributed by atoms with Gasteiger partial charge in [-0.3, -0.25) is 4.98 Å². The van der Waals surface area contributed by atoms with Crippen LogP contribution in [0, 0.1) is 11.3 Å². The average Bonchev–Trinajstić information content (AvgIpc) is 2.40. The summed E-state index contributed by atoms with van der Waals surface area (Å²) in [6, 6.07) is 5.92. The quantitative estimate of drug-likeness (QED) is 0.863.